The van der Waals surface area contributed by atoms with Crippen LogP contribution in [0.25, 0.3) is 126 Å². The fourth-order valence-electron chi connectivity index (χ4n) is 15.5. The molecular weight excluding hydrogens is 1260 g/mol. The lowest BCUT2D eigenvalue weighted by Gasteiger charge is -2.25. The number of nitrogens with zero attached hydrogens (tertiary/aromatic N) is 5. The van der Waals surface area contributed by atoms with Crippen LogP contribution in [0.1, 0.15) is 216 Å². The molecule has 4 heterocycles. The second kappa shape index (κ2) is 22.8. The normalized spacial score (nSPS) is 13.6. The molecular formula is C94H100F3N5. The number of hydrogen-bond donors (Lipinski definition) is 0. The van der Waals surface area contributed by atoms with E-state index >= 15 is 13.2 Å². The molecule has 0 atom stereocenters. The van der Waals surface area contributed by atoms with Crippen molar-refractivity contribution in [3.63, 3.8) is 0 Å². The molecule has 14 rings (SSSR count). The molecule has 14 aromatic rings. The maximum absolute atomic E-state index is 17.7. The molecule has 10 aromatic carbocycles. The van der Waals surface area contributed by atoms with Crippen molar-refractivity contribution in [3.05, 3.63) is 231 Å². The minimum atomic E-state index is -4.91. The van der Waals surface area contributed by atoms with Crippen molar-refractivity contribution >= 4 is 92.9 Å². The number of halogens is 3. The van der Waals surface area contributed by atoms with Gasteiger partial charge in [0.15, 0.2) is 0 Å². The molecule has 0 unspecified atom stereocenters. The number of aromatic nitrogens is 4. The zero-order valence-corrected chi connectivity index (χ0v) is 64.5. The molecule has 0 amide bonds. The lowest BCUT2D eigenvalue weighted by molar-refractivity contribution is -0.137. The van der Waals surface area contributed by atoms with Crippen LogP contribution >= 0.6 is 0 Å². The van der Waals surface area contributed by atoms with Gasteiger partial charge in [0.25, 0.3) is 0 Å². The number of fused-ring (bicyclic) bond motifs is 12. The Morgan fingerprint density at radius 1 is 0.235 bits per heavy atom. The van der Waals surface area contributed by atoms with E-state index in [1.54, 1.807) is 0 Å². The highest BCUT2D eigenvalue weighted by atomic mass is 19.4. The van der Waals surface area contributed by atoms with Gasteiger partial charge in [-0.15, -0.1) is 0 Å². The Labute approximate surface area is 601 Å². The molecule has 5 nitrogen and oxygen atoms in total. The monoisotopic (exact) mass is 1360 g/mol. The second-order valence-corrected chi connectivity index (χ2v) is 37.6. The van der Waals surface area contributed by atoms with Crippen molar-refractivity contribution in [2.24, 2.45) is 0 Å². The summed E-state index contributed by atoms with van der Waals surface area (Å²) in [6.45, 7) is 62.8. The highest BCUT2D eigenvalue weighted by molar-refractivity contribution is 6.15. The average Bonchev–Trinajstić information content (AvgIpc) is 1.51. The van der Waals surface area contributed by atoms with Gasteiger partial charge in [0, 0.05) is 48.7 Å². The lowest BCUT2D eigenvalue weighted by atomic mass is 9.85. The maximum atomic E-state index is 17.7. The Hall–Kier alpha value is -9.32. The topological polar surface area (TPSA) is 24.1 Å². The van der Waals surface area contributed by atoms with Crippen LogP contribution in [-0.2, 0) is 49.5 Å². The van der Waals surface area contributed by atoms with Crippen molar-refractivity contribution in [2.45, 2.75) is 216 Å². The molecule has 0 spiro atoms. The molecule has 0 bridgehead atoms. The first-order valence-electron chi connectivity index (χ1n) is 36.4. The summed E-state index contributed by atoms with van der Waals surface area (Å²) in [5.41, 5.74) is 16.1. The van der Waals surface area contributed by atoms with E-state index in [1.807, 2.05) is 28.8 Å². The van der Waals surface area contributed by atoms with Gasteiger partial charge in [-0.25, -0.2) is 4.85 Å². The number of rotatable bonds is 5. The third-order valence-electron chi connectivity index (χ3n) is 21.9. The molecule has 0 N–H and O–H groups in total. The van der Waals surface area contributed by atoms with Gasteiger partial charge in [0.2, 0.25) is 5.69 Å². The van der Waals surface area contributed by atoms with E-state index in [2.05, 4.69) is 324 Å². The number of alkyl halides is 3. The Morgan fingerprint density at radius 3 is 0.618 bits per heavy atom. The highest BCUT2D eigenvalue weighted by Crippen LogP contribution is 2.52. The summed E-state index contributed by atoms with van der Waals surface area (Å²) < 4.78 is 61.9. The summed E-state index contributed by atoms with van der Waals surface area (Å²) in [5, 5.41) is 7.93. The highest BCUT2D eigenvalue weighted by Gasteiger charge is 2.39. The number of hydrogen-bond acceptors (Lipinski definition) is 0. The van der Waals surface area contributed by atoms with Gasteiger partial charge in [0.1, 0.15) is 0 Å². The van der Waals surface area contributed by atoms with Crippen LogP contribution in [0.3, 0.4) is 0 Å². The Bertz CT molecular complexity index is 5590. The van der Waals surface area contributed by atoms with Gasteiger partial charge in [-0.1, -0.05) is 215 Å². The van der Waals surface area contributed by atoms with Crippen molar-refractivity contribution in [1.82, 2.24) is 18.3 Å². The SMILES string of the molecule is [C-]#[N+]c1cc(-c2cc(C(F)(F)F)c(-n3c4ccc(C(C)(C)C)cc4c4cc(C(C)(C)C)ccc43)cc2-n2c3ccc(C(C)(C)C)cc3c3cc(C(C)(C)C)ccc32)c(-n2c3ccc(C(C)(C)C)cc3c3cc(C(C)(C)C)ccc32)cc1-n1c2ccc(C(C)(C)C)cc2c2cc(C(C)(C)C)ccc21. The van der Waals surface area contributed by atoms with Gasteiger partial charge < -0.3 is 18.3 Å². The summed E-state index contributed by atoms with van der Waals surface area (Å²) in [6.07, 6.45) is -4.91. The van der Waals surface area contributed by atoms with Crippen molar-refractivity contribution in [1.29, 1.82) is 0 Å². The van der Waals surface area contributed by atoms with E-state index in [0.29, 0.717) is 44.9 Å². The zero-order chi connectivity index (χ0) is 73.8. The van der Waals surface area contributed by atoms with Gasteiger partial charge in [-0.05, 0) is 215 Å². The first-order chi connectivity index (χ1) is 47.2. The van der Waals surface area contributed by atoms with Crippen LogP contribution in [-0.4, -0.2) is 18.3 Å². The maximum Gasteiger partial charge on any atom is 0.418 e. The summed E-state index contributed by atoms with van der Waals surface area (Å²) in [7, 11) is 0. The summed E-state index contributed by atoms with van der Waals surface area (Å²) in [6, 6.07) is 60.2. The molecule has 0 aliphatic heterocycles. The summed E-state index contributed by atoms with van der Waals surface area (Å²) in [4.78, 5) is 4.55. The van der Waals surface area contributed by atoms with E-state index in [0.717, 1.165) is 110 Å². The summed E-state index contributed by atoms with van der Waals surface area (Å²) >= 11 is 0. The van der Waals surface area contributed by atoms with Crippen LogP contribution in [0.4, 0.5) is 18.9 Å². The Morgan fingerprint density at radius 2 is 0.422 bits per heavy atom. The molecule has 0 saturated heterocycles. The van der Waals surface area contributed by atoms with E-state index in [9.17, 15) is 6.57 Å². The van der Waals surface area contributed by atoms with E-state index in [-0.39, 0.29) is 49.0 Å². The van der Waals surface area contributed by atoms with Gasteiger partial charge in [0.05, 0.1) is 79.0 Å². The predicted molar refractivity (Wildman–Crippen MR) is 430 cm³/mol. The molecule has 0 fully saturated rings. The van der Waals surface area contributed by atoms with Crippen molar-refractivity contribution in [2.75, 3.05) is 0 Å². The van der Waals surface area contributed by atoms with Crippen LogP contribution in [0.2, 0.25) is 0 Å². The van der Waals surface area contributed by atoms with Crippen LogP contribution in [0.15, 0.2) is 170 Å². The first kappa shape index (κ1) is 69.8. The molecule has 0 aliphatic rings. The third kappa shape index (κ3) is 11.6. The molecule has 0 saturated carbocycles. The van der Waals surface area contributed by atoms with Crippen molar-refractivity contribution in [3.8, 4) is 33.9 Å². The van der Waals surface area contributed by atoms with Crippen LogP contribution < -0.4 is 0 Å². The minimum Gasteiger partial charge on any atom is -0.319 e. The number of benzene rings is 10. The zero-order valence-electron chi connectivity index (χ0n) is 64.5. The van der Waals surface area contributed by atoms with E-state index in [1.165, 1.54) is 17.2 Å². The summed E-state index contributed by atoms with van der Waals surface area (Å²) in [5.74, 6) is 0. The quantitative estimate of drug-likeness (QED) is 0.153. The molecule has 0 aliphatic carbocycles. The average molecular weight is 1360 g/mol. The fourth-order valence-corrected chi connectivity index (χ4v) is 15.5. The van der Waals surface area contributed by atoms with Gasteiger partial charge in [-0.2, -0.15) is 13.2 Å². The second-order valence-electron chi connectivity index (χ2n) is 37.6. The molecule has 8 heteroatoms. The van der Waals surface area contributed by atoms with Gasteiger partial charge in [-0.3, -0.25) is 0 Å². The largest absolute Gasteiger partial charge is 0.418 e. The van der Waals surface area contributed by atoms with E-state index in [4.69, 9.17) is 0 Å². The van der Waals surface area contributed by atoms with Crippen LogP contribution in [0, 0.1) is 6.57 Å². The third-order valence-corrected chi connectivity index (χ3v) is 21.9. The van der Waals surface area contributed by atoms with Gasteiger partial charge >= 0.3 is 6.18 Å². The Kier molecular flexibility index (Phi) is 15.6. The van der Waals surface area contributed by atoms with Crippen molar-refractivity contribution < 1.29 is 13.2 Å². The lowest BCUT2D eigenvalue weighted by Crippen LogP contribution is -2.14. The first-order valence-corrected chi connectivity index (χ1v) is 36.4. The molecule has 102 heavy (non-hydrogen) atoms. The molecule has 0 radical (unpaired) electrons. The fraction of sp³-hybridized carbons (Fsp3) is 0.351. The smallest absolute Gasteiger partial charge is 0.319 e. The Balaban J connectivity index is 1.23. The predicted octanol–water partition coefficient (Wildman–Crippen LogP) is 27.7. The molecule has 4 aromatic heterocycles. The standard InChI is InChI=1S/C94H100F3N5/c1-86(2,3)54-26-34-74-62(42-54)63-43-55(87(4,5)6)27-35-75(63)99(74)82-52-84(101-78-38-30-58(90(13,14)15)46-66(78)67-47-59(91(16,17)18)31-39-79(67)101)72(94(95,96)97)50-70(82)71-51-73(98-25)85(102-80-40-32-60(92(19,20)21)48-68(80)69-49-61(93(22,23)24)33-41-81(69)102)53-83(71)100-76-36-28-56(88(7,8)9)44-64(76)65-45-57(89(10,11)12)29-37-77(65)100/h26-53H,1-24H3. The van der Waals surface area contributed by atoms with E-state index < -0.39 is 11.7 Å². The van der Waals surface area contributed by atoms with Crippen LogP contribution in [0.5, 0.6) is 0 Å². The molecule has 522 valence electrons. The minimum absolute atomic E-state index is 0.000259.